The third kappa shape index (κ3) is 5.76. The molecule has 0 amide bonds. The molecule has 6 heteroatoms. The van der Waals surface area contributed by atoms with Crippen LogP contribution in [0, 0.1) is 0 Å². The zero-order valence-corrected chi connectivity index (χ0v) is 25.4. The molecule has 0 saturated heterocycles. The van der Waals surface area contributed by atoms with Gasteiger partial charge in [-0.15, -0.1) is 0 Å². The number of benzene rings is 3. The van der Waals surface area contributed by atoms with Crippen molar-refractivity contribution in [3.63, 3.8) is 0 Å². The molecule has 4 heterocycles. The summed E-state index contributed by atoms with van der Waals surface area (Å²) in [6, 6.07) is 30.0. The van der Waals surface area contributed by atoms with Crippen molar-refractivity contribution >= 4 is 11.8 Å². The average molecular weight is 579 g/mol. The molecule has 2 aliphatic rings. The molecule has 2 aromatic heterocycles. The monoisotopic (exact) mass is 578 g/mol. The summed E-state index contributed by atoms with van der Waals surface area (Å²) in [4.78, 5) is 18.7. The van der Waals surface area contributed by atoms with Crippen LogP contribution in [0.25, 0.3) is 44.5 Å². The second-order valence-corrected chi connectivity index (χ2v) is 12.7. The van der Waals surface area contributed by atoms with Gasteiger partial charge in [-0.3, -0.25) is 9.97 Å². The van der Waals surface area contributed by atoms with Crippen molar-refractivity contribution in [2.24, 2.45) is 9.98 Å². The normalized spacial score (nSPS) is 16.5. The molecular formula is C38H34N4O2. The molecule has 218 valence electrons. The molecule has 0 bridgehead atoms. The predicted molar refractivity (Wildman–Crippen MR) is 177 cm³/mol. The van der Waals surface area contributed by atoms with Crippen LogP contribution in [0.5, 0.6) is 0 Å². The molecule has 44 heavy (non-hydrogen) atoms. The quantitative estimate of drug-likeness (QED) is 0.203. The summed E-state index contributed by atoms with van der Waals surface area (Å²) < 4.78 is 11.9. The van der Waals surface area contributed by atoms with Crippen LogP contribution < -0.4 is 0 Å². The van der Waals surface area contributed by atoms with Gasteiger partial charge in [-0.1, -0.05) is 54.6 Å². The minimum absolute atomic E-state index is 0.245. The third-order valence-corrected chi connectivity index (χ3v) is 7.83. The van der Waals surface area contributed by atoms with Crippen LogP contribution in [-0.2, 0) is 9.47 Å². The van der Waals surface area contributed by atoms with Gasteiger partial charge in [0.05, 0.1) is 22.2 Å². The molecule has 7 rings (SSSR count). The van der Waals surface area contributed by atoms with Crippen LogP contribution >= 0.6 is 0 Å². The van der Waals surface area contributed by atoms with E-state index in [1.165, 1.54) is 11.1 Å². The van der Waals surface area contributed by atoms with Gasteiger partial charge < -0.3 is 9.47 Å². The Labute approximate surface area is 258 Å². The SMILES string of the molecule is CC1(C)COC(c2cncc(-c3cc(-c4ccc(-c5ccccc5)cc4)cc(-c4cncc(C5=NC(C)(C)CO5)c4)c3)c2)=N1. The summed E-state index contributed by atoms with van der Waals surface area (Å²) >= 11 is 0. The van der Waals surface area contributed by atoms with E-state index in [2.05, 4.69) is 117 Å². The molecule has 0 spiro atoms. The van der Waals surface area contributed by atoms with E-state index in [1.54, 1.807) is 0 Å². The summed E-state index contributed by atoms with van der Waals surface area (Å²) in [5.74, 6) is 1.27. The first-order valence-electron chi connectivity index (χ1n) is 14.9. The minimum atomic E-state index is -0.245. The fourth-order valence-corrected chi connectivity index (χ4v) is 5.51. The number of ether oxygens (including phenoxy) is 2. The molecule has 3 aromatic carbocycles. The zero-order valence-electron chi connectivity index (χ0n) is 25.4. The second kappa shape index (κ2) is 10.9. The van der Waals surface area contributed by atoms with Crippen LogP contribution in [0.1, 0.15) is 38.8 Å². The van der Waals surface area contributed by atoms with Crippen molar-refractivity contribution in [2.75, 3.05) is 13.2 Å². The average Bonchev–Trinajstić information content (AvgIpc) is 3.62. The number of pyridine rings is 2. The maximum absolute atomic E-state index is 5.93. The van der Waals surface area contributed by atoms with Crippen LogP contribution in [0.15, 0.2) is 120 Å². The summed E-state index contributed by atoms with van der Waals surface area (Å²) in [7, 11) is 0. The first kappa shape index (κ1) is 27.7. The lowest BCUT2D eigenvalue weighted by atomic mass is 9.93. The highest BCUT2D eigenvalue weighted by molar-refractivity contribution is 5.97. The summed E-state index contributed by atoms with van der Waals surface area (Å²) in [5, 5.41) is 0. The van der Waals surface area contributed by atoms with Gasteiger partial charge >= 0.3 is 0 Å². The molecule has 0 atom stereocenters. The van der Waals surface area contributed by atoms with Gasteiger partial charge in [0.1, 0.15) is 13.2 Å². The van der Waals surface area contributed by atoms with Crippen molar-refractivity contribution in [2.45, 2.75) is 38.8 Å². The Balaban J connectivity index is 1.32. The molecule has 0 aliphatic carbocycles. The minimum Gasteiger partial charge on any atom is -0.475 e. The first-order valence-corrected chi connectivity index (χ1v) is 14.9. The molecular weight excluding hydrogens is 544 g/mol. The largest absolute Gasteiger partial charge is 0.475 e. The Kier molecular flexibility index (Phi) is 6.85. The van der Waals surface area contributed by atoms with E-state index in [1.807, 2.05) is 30.9 Å². The highest BCUT2D eigenvalue weighted by Gasteiger charge is 2.28. The number of hydrogen-bond acceptors (Lipinski definition) is 6. The van der Waals surface area contributed by atoms with E-state index in [0.29, 0.717) is 25.0 Å². The Hall–Kier alpha value is -5.10. The number of hydrogen-bond donors (Lipinski definition) is 0. The molecule has 5 aromatic rings. The maximum atomic E-state index is 5.93. The fraction of sp³-hybridized carbons (Fsp3) is 0.211. The highest BCUT2D eigenvalue weighted by Crippen LogP contribution is 2.35. The third-order valence-electron chi connectivity index (χ3n) is 7.83. The Morgan fingerprint density at radius 3 is 1.23 bits per heavy atom. The summed E-state index contributed by atoms with van der Waals surface area (Å²) in [5.41, 5.74) is 9.89. The topological polar surface area (TPSA) is 69.0 Å². The van der Waals surface area contributed by atoms with E-state index in [-0.39, 0.29) is 11.1 Å². The van der Waals surface area contributed by atoms with Crippen molar-refractivity contribution in [1.29, 1.82) is 0 Å². The van der Waals surface area contributed by atoms with Crippen molar-refractivity contribution < 1.29 is 9.47 Å². The van der Waals surface area contributed by atoms with E-state index in [9.17, 15) is 0 Å². The van der Waals surface area contributed by atoms with Gasteiger partial charge in [0.2, 0.25) is 11.8 Å². The number of aromatic nitrogens is 2. The Morgan fingerprint density at radius 1 is 0.432 bits per heavy atom. The lowest BCUT2D eigenvalue weighted by Crippen LogP contribution is -2.17. The predicted octanol–water partition coefficient (Wildman–Crippen LogP) is 8.26. The molecule has 0 unspecified atom stereocenters. The number of rotatable bonds is 6. The molecule has 2 aliphatic heterocycles. The van der Waals surface area contributed by atoms with Gasteiger partial charge in [0, 0.05) is 35.9 Å². The van der Waals surface area contributed by atoms with Crippen LogP contribution in [0.2, 0.25) is 0 Å². The van der Waals surface area contributed by atoms with E-state index >= 15 is 0 Å². The smallest absolute Gasteiger partial charge is 0.218 e. The lowest BCUT2D eigenvalue weighted by Gasteiger charge is -2.13. The van der Waals surface area contributed by atoms with Crippen LogP contribution in [0.3, 0.4) is 0 Å². The second-order valence-electron chi connectivity index (χ2n) is 12.7. The van der Waals surface area contributed by atoms with Crippen molar-refractivity contribution in [3.8, 4) is 44.5 Å². The summed E-state index contributed by atoms with van der Waals surface area (Å²) in [6.45, 7) is 9.40. The first-order chi connectivity index (χ1) is 21.2. The Morgan fingerprint density at radius 2 is 0.795 bits per heavy atom. The van der Waals surface area contributed by atoms with Gasteiger partial charge in [-0.05, 0) is 91.4 Å². The Bertz CT molecular complexity index is 1810. The van der Waals surface area contributed by atoms with Crippen LogP contribution in [0.4, 0.5) is 0 Å². The standard InChI is InChI=1S/C38H34N4O2/c1-37(2)23-43-35(41-37)33-17-31(19-39-21-33)29-14-28(27-12-10-26(11-13-27)25-8-6-5-7-9-25)15-30(16-29)32-18-34(22-40-20-32)36-42-38(3,4)24-44-36/h5-22H,23-24H2,1-4H3. The van der Waals surface area contributed by atoms with Gasteiger partial charge in [0.25, 0.3) is 0 Å². The molecule has 0 saturated carbocycles. The van der Waals surface area contributed by atoms with Crippen LogP contribution in [-0.4, -0.2) is 46.1 Å². The van der Waals surface area contributed by atoms with Crippen molar-refractivity contribution in [3.05, 3.63) is 121 Å². The highest BCUT2D eigenvalue weighted by atomic mass is 16.5. The van der Waals surface area contributed by atoms with E-state index in [4.69, 9.17) is 19.5 Å². The number of nitrogens with zero attached hydrogens (tertiary/aromatic N) is 4. The van der Waals surface area contributed by atoms with Gasteiger partial charge in [-0.25, -0.2) is 9.98 Å². The van der Waals surface area contributed by atoms with Crippen molar-refractivity contribution in [1.82, 2.24) is 9.97 Å². The number of aliphatic imine (C=N–C) groups is 2. The summed E-state index contributed by atoms with van der Waals surface area (Å²) in [6.07, 6.45) is 7.41. The molecule has 6 nitrogen and oxygen atoms in total. The van der Waals surface area contributed by atoms with E-state index < -0.39 is 0 Å². The van der Waals surface area contributed by atoms with E-state index in [0.717, 1.165) is 44.5 Å². The lowest BCUT2D eigenvalue weighted by molar-refractivity contribution is 0.279. The fourth-order valence-electron chi connectivity index (χ4n) is 5.51. The van der Waals surface area contributed by atoms with Gasteiger partial charge in [0.15, 0.2) is 0 Å². The van der Waals surface area contributed by atoms with Gasteiger partial charge in [-0.2, -0.15) is 0 Å². The zero-order chi connectivity index (χ0) is 30.3. The maximum Gasteiger partial charge on any atom is 0.218 e. The molecule has 0 fully saturated rings. The molecule has 0 N–H and O–H groups in total. The molecule has 0 radical (unpaired) electrons.